The molecule has 0 radical (unpaired) electrons. The molecule has 0 aliphatic carbocycles. The van der Waals surface area contributed by atoms with E-state index in [-0.39, 0.29) is 0 Å². The van der Waals surface area contributed by atoms with Crippen LogP contribution in [0.1, 0.15) is 25.8 Å². The van der Waals surface area contributed by atoms with Crippen LogP contribution in [0.4, 0.5) is 0 Å². The molecule has 0 atom stereocenters. The zero-order valence-corrected chi connectivity index (χ0v) is 8.92. The number of ether oxygens (including phenoxy) is 1. The van der Waals surface area contributed by atoms with Crippen LogP contribution in [-0.4, -0.2) is 18.1 Å². The lowest BCUT2D eigenvalue weighted by atomic mass is 10.2. The fraction of sp³-hybridized carbons (Fsp3) is 0.545. The highest BCUT2D eigenvalue weighted by Crippen LogP contribution is 2.15. The van der Waals surface area contributed by atoms with Gasteiger partial charge in [-0.25, -0.2) is 0 Å². The maximum atomic E-state index is 5.47. The van der Waals surface area contributed by atoms with E-state index >= 15 is 0 Å². The quantitative estimate of drug-likeness (QED) is 0.703. The molecule has 1 heterocycles. The minimum absolute atomic E-state index is 0.687. The summed E-state index contributed by atoms with van der Waals surface area (Å²) in [4.78, 5) is 4.04. The van der Waals surface area contributed by atoms with E-state index in [1.807, 2.05) is 13.0 Å². The van der Waals surface area contributed by atoms with Gasteiger partial charge in [0.15, 0.2) is 0 Å². The van der Waals surface area contributed by atoms with Crippen LogP contribution in [0.25, 0.3) is 0 Å². The molecule has 3 heteroatoms. The maximum Gasteiger partial charge on any atom is 0.142 e. The predicted octanol–water partition coefficient (Wildman–Crippen LogP) is 1.98. The van der Waals surface area contributed by atoms with E-state index in [0.29, 0.717) is 6.61 Å². The van der Waals surface area contributed by atoms with E-state index < -0.39 is 0 Å². The van der Waals surface area contributed by atoms with Crippen LogP contribution in [0.2, 0.25) is 0 Å². The topological polar surface area (TPSA) is 34.2 Å². The van der Waals surface area contributed by atoms with Gasteiger partial charge in [0.25, 0.3) is 0 Å². The number of aromatic nitrogens is 1. The van der Waals surface area contributed by atoms with Gasteiger partial charge in [0.1, 0.15) is 5.75 Å². The third-order valence-corrected chi connectivity index (χ3v) is 1.91. The van der Waals surface area contributed by atoms with Crippen molar-refractivity contribution in [3.05, 3.63) is 24.0 Å². The van der Waals surface area contributed by atoms with Gasteiger partial charge in [-0.15, -0.1) is 0 Å². The number of nitrogens with one attached hydrogen (secondary N) is 1. The fourth-order valence-electron chi connectivity index (χ4n) is 1.24. The molecule has 14 heavy (non-hydrogen) atoms. The van der Waals surface area contributed by atoms with Crippen LogP contribution >= 0.6 is 0 Å². The van der Waals surface area contributed by atoms with Crippen molar-refractivity contribution in [3.63, 3.8) is 0 Å². The highest BCUT2D eigenvalue weighted by Gasteiger charge is 2.01. The minimum Gasteiger partial charge on any atom is -0.492 e. The van der Waals surface area contributed by atoms with Gasteiger partial charge in [-0.2, -0.15) is 0 Å². The van der Waals surface area contributed by atoms with Crippen LogP contribution in [0.3, 0.4) is 0 Å². The summed E-state index contributed by atoms with van der Waals surface area (Å²) >= 11 is 0. The molecule has 1 rings (SSSR count). The summed E-state index contributed by atoms with van der Waals surface area (Å²) < 4.78 is 5.47. The summed E-state index contributed by atoms with van der Waals surface area (Å²) in [5.74, 6) is 0.888. The Kier molecular flexibility index (Phi) is 5.00. The van der Waals surface area contributed by atoms with Crippen LogP contribution < -0.4 is 10.1 Å². The molecule has 1 aromatic rings. The molecular weight excluding hydrogens is 176 g/mol. The highest BCUT2D eigenvalue weighted by atomic mass is 16.5. The van der Waals surface area contributed by atoms with Crippen molar-refractivity contribution in [2.75, 3.05) is 13.2 Å². The van der Waals surface area contributed by atoms with Crippen molar-refractivity contribution >= 4 is 0 Å². The Morgan fingerprint density at radius 3 is 3.00 bits per heavy atom. The summed E-state index contributed by atoms with van der Waals surface area (Å²) in [5, 5.41) is 3.34. The third-order valence-electron chi connectivity index (χ3n) is 1.91. The lowest BCUT2D eigenvalue weighted by Crippen LogP contribution is -2.14. The zero-order chi connectivity index (χ0) is 10.2. The first kappa shape index (κ1) is 11.0. The molecule has 1 aromatic heterocycles. The lowest BCUT2D eigenvalue weighted by Gasteiger charge is -2.09. The van der Waals surface area contributed by atoms with Crippen molar-refractivity contribution < 1.29 is 4.74 Å². The van der Waals surface area contributed by atoms with Crippen molar-refractivity contribution in [3.8, 4) is 5.75 Å². The van der Waals surface area contributed by atoms with Gasteiger partial charge >= 0.3 is 0 Å². The average molecular weight is 194 g/mol. The number of hydrogen-bond donors (Lipinski definition) is 1. The molecule has 0 aliphatic rings. The Hall–Kier alpha value is -1.09. The van der Waals surface area contributed by atoms with E-state index in [0.717, 1.165) is 25.3 Å². The molecule has 0 spiro atoms. The number of pyridine rings is 1. The van der Waals surface area contributed by atoms with Crippen molar-refractivity contribution in [1.82, 2.24) is 10.3 Å². The normalized spacial score (nSPS) is 10.1. The second-order valence-electron chi connectivity index (χ2n) is 3.09. The van der Waals surface area contributed by atoms with Gasteiger partial charge in [-0.05, 0) is 26.0 Å². The van der Waals surface area contributed by atoms with Gasteiger partial charge in [0.05, 0.1) is 12.8 Å². The van der Waals surface area contributed by atoms with Crippen LogP contribution in [-0.2, 0) is 6.54 Å². The van der Waals surface area contributed by atoms with Crippen LogP contribution in [0.5, 0.6) is 5.75 Å². The maximum absolute atomic E-state index is 5.47. The Morgan fingerprint density at radius 1 is 1.43 bits per heavy atom. The van der Waals surface area contributed by atoms with Gasteiger partial charge in [-0.3, -0.25) is 4.98 Å². The number of rotatable bonds is 6. The fourth-order valence-corrected chi connectivity index (χ4v) is 1.24. The average Bonchev–Trinajstić information content (AvgIpc) is 2.21. The molecular formula is C11H18N2O. The molecule has 78 valence electrons. The molecule has 0 aromatic carbocycles. The van der Waals surface area contributed by atoms with Gasteiger partial charge in [-0.1, -0.05) is 6.92 Å². The first-order chi connectivity index (χ1) is 6.88. The monoisotopic (exact) mass is 194 g/mol. The van der Waals surface area contributed by atoms with E-state index in [1.165, 1.54) is 5.56 Å². The molecule has 0 amide bonds. The number of nitrogens with zero attached hydrogens (tertiary/aromatic N) is 1. The SMILES string of the molecule is CCCNCc1ccncc1OCC. The predicted molar refractivity (Wildman–Crippen MR) is 57.4 cm³/mol. The van der Waals surface area contributed by atoms with Crippen molar-refractivity contribution in [2.45, 2.75) is 26.8 Å². The minimum atomic E-state index is 0.687. The summed E-state index contributed by atoms with van der Waals surface area (Å²) in [5.41, 5.74) is 1.18. The lowest BCUT2D eigenvalue weighted by molar-refractivity contribution is 0.334. The molecule has 0 fully saturated rings. The summed E-state index contributed by atoms with van der Waals surface area (Å²) in [7, 11) is 0. The Labute approximate surface area is 85.5 Å². The van der Waals surface area contributed by atoms with Gasteiger partial charge in [0.2, 0.25) is 0 Å². The van der Waals surface area contributed by atoms with Crippen LogP contribution in [0.15, 0.2) is 18.5 Å². The molecule has 0 aliphatic heterocycles. The highest BCUT2D eigenvalue weighted by molar-refractivity contribution is 5.29. The standard InChI is InChI=1S/C11H18N2O/c1-3-6-12-8-10-5-7-13-9-11(10)14-4-2/h5,7,9,12H,3-4,6,8H2,1-2H3. The molecule has 0 saturated carbocycles. The van der Waals surface area contributed by atoms with E-state index in [9.17, 15) is 0 Å². The van der Waals surface area contributed by atoms with Crippen molar-refractivity contribution in [2.24, 2.45) is 0 Å². The number of hydrogen-bond acceptors (Lipinski definition) is 3. The second kappa shape index (κ2) is 6.38. The zero-order valence-electron chi connectivity index (χ0n) is 8.92. The second-order valence-corrected chi connectivity index (χ2v) is 3.09. The smallest absolute Gasteiger partial charge is 0.142 e. The van der Waals surface area contributed by atoms with E-state index in [4.69, 9.17) is 4.74 Å². The molecule has 0 bridgehead atoms. The molecule has 0 saturated heterocycles. The van der Waals surface area contributed by atoms with Crippen LogP contribution in [0, 0.1) is 0 Å². The summed E-state index contributed by atoms with van der Waals surface area (Å²) in [6.07, 6.45) is 4.72. The Bertz CT molecular complexity index is 263. The molecule has 3 nitrogen and oxygen atoms in total. The first-order valence-corrected chi connectivity index (χ1v) is 5.14. The summed E-state index contributed by atoms with van der Waals surface area (Å²) in [6, 6.07) is 1.99. The van der Waals surface area contributed by atoms with E-state index in [1.54, 1.807) is 12.4 Å². The summed E-state index contributed by atoms with van der Waals surface area (Å²) in [6.45, 7) is 6.71. The Balaban J connectivity index is 2.55. The van der Waals surface area contributed by atoms with Gasteiger partial charge < -0.3 is 10.1 Å². The van der Waals surface area contributed by atoms with Gasteiger partial charge in [0, 0.05) is 18.3 Å². The third kappa shape index (κ3) is 3.34. The van der Waals surface area contributed by atoms with Crippen molar-refractivity contribution in [1.29, 1.82) is 0 Å². The van der Waals surface area contributed by atoms with E-state index in [2.05, 4.69) is 17.2 Å². The first-order valence-electron chi connectivity index (χ1n) is 5.14. The Morgan fingerprint density at radius 2 is 2.29 bits per heavy atom. The molecule has 0 unspecified atom stereocenters. The molecule has 1 N–H and O–H groups in total. The largest absolute Gasteiger partial charge is 0.492 e.